The molecule has 3 aromatic rings. The molecule has 0 unspecified atom stereocenters. The van der Waals surface area contributed by atoms with Gasteiger partial charge in [0.1, 0.15) is 12.2 Å². The third kappa shape index (κ3) is 6.22. The van der Waals surface area contributed by atoms with E-state index in [0.717, 1.165) is 33.5 Å². The number of fused-ring (bicyclic) bond motifs is 3. The number of nitrogens with one attached hydrogen (secondary N) is 1. The summed E-state index contributed by atoms with van der Waals surface area (Å²) in [6, 6.07) is 20.9. The molecule has 3 aromatic carbocycles. The fourth-order valence-electron chi connectivity index (χ4n) is 5.38. The van der Waals surface area contributed by atoms with Gasteiger partial charge in [-0.3, -0.25) is 0 Å². The van der Waals surface area contributed by atoms with Crippen molar-refractivity contribution in [2.75, 3.05) is 37.7 Å². The Morgan fingerprint density at radius 2 is 1.55 bits per heavy atom. The van der Waals surface area contributed by atoms with Gasteiger partial charge in [0.2, 0.25) is 0 Å². The molecule has 1 N–H and O–H groups in total. The third-order valence-electron chi connectivity index (χ3n) is 7.50. The molecule has 1 aliphatic heterocycles. The number of piperazine rings is 1. The predicted octanol–water partition coefficient (Wildman–Crippen LogP) is 6.70. The van der Waals surface area contributed by atoms with Crippen LogP contribution in [0.2, 0.25) is 0 Å². The molecule has 2 aliphatic rings. The highest BCUT2D eigenvalue weighted by atomic mass is 127. The van der Waals surface area contributed by atoms with Gasteiger partial charge in [0.05, 0.1) is 0 Å². The van der Waals surface area contributed by atoms with E-state index in [0.29, 0.717) is 26.2 Å². The summed E-state index contributed by atoms with van der Waals surface area (Å²) in [5.41, 5.74) is 7.57. The molecular formula is C32H36IN3O4. The number of amides is 2. The first kappa shape index (κ1) is 28.3. The van der Waals surface area contributed by atoms with E-state index < -0.39 is 11.7 Å². The lowest BCUT2D eigenvalue weighted by atomic mass is 9.98. The highest BCUT2D eigenvalue weighted by Gasteiger charge is 2.29. The second-order valence-electron chi connectivity index (χ2n) is 11.3. The van der Waals surface area contributed by atoms with E-state index in [1.165, 1.54) is 22.3 Å². The zero-order chi connectivity index (χ0) is 28.4. The van der Waals surface area contributed by atoms with Crippen molar-refractivity contribution in [1.29, 1.82) is 0 Å². The topological polar surface area (TPSA) is 71.1 Å². The Bertz CT molecular complexity index is 1360. The molecule has 40 heavy (non-hydrogen) atoms. The van der Waals surface area contributed by atoms with Crippen LogP contribution in [0.3, 0.4) is 0 Å². The van der Waals surface area contributed by atoms with Gasteiger partial charge in [0.25, 0.3) is 0 Å². The molecule has 0 atom stereocenters. The predicted molar refractivity (Wildman–Crippen MR) is 166 cm³/mol. The SMILES string of the molecule is Cc1c(I)cc(N2CCN(C(=O)OC(C)(C)C)CC2)cc1CNC(=O)OCC1c2ccccc2-c2ccccc21. The molecule has 0 aromatic heterocycles. The largest absolute Gasteiger partial charge is 0.449 e. The number of nitrogens with zero attached hydrogens (tertiary/aromatic N) is 2. The Morgan fingerprint density at radius 3 is 2.15 bits per heavy atom. The number of hydrogen-bond donors (Lipinski definition) is 1. The van der Waals surface area contributed by atoms with Crippen LogP contribution in [0.25, 0.3) is 11.1 Å². The molecule has 5 rings (SSSR count). The monoisotopic (exact) mass is 653 g/mol. The number of hydrogen-bond acceptors (Lipinski definition) is 5. The van der Waals surface area contributed by atoms with E-state index in [1.54, 1.807) is 4.90 Å². The van der Waals surface area contributed by atoms with Crippen LogP contribution in [0.15, 0.2) is 60.7 Å². The first-order valence-corrected chi connectivity index (χ1v) is 14.8. The minimum absolute atomic E-state index is 0.0310. The van der Waals surface area contributed by atoms with Crippen LogP contribution in [0, 0.1) is 10.5 Å². The van der Waals surface area contributed by atoms with E-state index in [-0.39, 0.29) is 12.0 Å². The molecule has 1 fully saturated rings. The molecule has 1 heterocycles. The molecule has 1 saturated heterocycles. The minimum atomic E-state index is -0.504. The second kappa shape index (κ2) is 11.7. The Labute approximate surface area is 250 Å². The van der Waals surface area contributed by atoms with Crippen LogP contribution in [0.1, 0.15) is 48.9 Å². The molecular weight excluding hydrogens is 617 g/mol. The van der Waals surface area contributed by atoms with Crippen molar-refractivity contribution in [2.45, 2.75) is 45.8 Å². The van der Waals surface area contributed by atoms with Gasteiger partial charge < -0.3 is 24.6 Å². The quantitative estimate of drug-likeness (QED) is 0.311. The third-order valence-corrected chi connectivity index (χ3v) is 8.62. The van der Waals surface area contributed by atoms with Gasteiger partial charge in [-0.2, -0.15) is 0 Å². The van der Waals surface area contributed by atoms with Crippen molar-refractivity contribution in [3.05, 3.63) is 86.5 Å². The molecule has 210 valence electrons. The maximum Gasteiger partial charge on any atom is 0.410 e. The van der Waals surface area contributed by atoms with Gasteiger partial charge in [-0.1, -0.05) is 48.5 Å². The van der Waals surface area contributed by atoms with E-state index in [9.17, 15) is 9.59 Å². The van der Waals surface area contributed by atoms with Gasteiger partial charge >= 0.3 is 12.2 Å². The summed E-state index contributed by atoms with van der Waals surface area (Å²) in [7, 11) is 0. The molecule has 1 aliphatic carbocycles. The van der Waals surface area contributed by atoms with Crippen LogP contribution in [0.5, 0.6) is 0 Å². The number of ether oxygens (including phenoxy) is 2. The highest BCUT2D eigenvalue weighted by molar-refractivity contribution is 14.1. The second-order valence-corrected chi connectivity index (χ2v) is 12.5. The van der Waals surface area contributed by atoms with E-state index in [4.69, 9.17) is 9.47 Å². The summed E-state index contributed by atoms with van der Waals surface area (Å²) in [6.45, 7) is 11.0. The summed E-state index contributed by atoms with van der Waals surface area (Å²) in [6.07, 6.45) is -0.689. The van der Waals surface area contributed by atoms with E-state index in [2.05, 4.69) is 76.1 Å². The number of halogens is 1. The Hall–Kier alpha value is -3.27. The van der Waals surface area contributed by atoms with Crippen molar-refractivity contribution in [2.24, 2.45) is 0 Å². The number of alkyl carbamates (subject to hydrolysis) is 1. The zero-order valence-corrected chi connectivity index (χ0v) is 25.7. The fourth-order valence-corrected chi connectivity index (χ4v) is 6.04. The van der Waals surface area contributed by atoms with Gasteiger partial charge in [0, 0.05) is 47.9 Å². The minimum Gasteiger partial charge on any atom is -0.449 e. The average Bonchev–Trinajstić information content (AvgIpc) is 3.25. The summed E-state index contributed by atoms with van der Waals surface area (Å²) in [5.74, 6) is 0.0310. The average molecular weight is 654 g/mol. The summed E-state index contributed by atoms with van der Waals surface area (Å²) in [5, 5.41) is 2.96. The Kier molecular flexibility index (Phi) is 8.26. The van der Waals surface area contributed by atoms with E-state index in [1.807, 2.05) is 45.0 Å². The van der Waals surface area contributed by atoms with Crippen LogP contribution < -0.4 is 10.2 Å². The fraction of sp³-hybridized carbons (Fsp3) is 0.375. The normalized spacial score (nSPS) is 14.9. The van der Waals surface area contributed by atoms with E-state index >= 15 is 0 Å². The lowest BCUT2D eigenvalue weighted by Crippen LogP contribution is -2.50. The molecule has 0 radical (unpaired) electrons. The molecule has 0 saturated carbocycles. The van der Waals surface area contributed by atoms with Gasteiger partial charge in [-0.05, 0) is 95.8 Å². The maximum atomic E-state index is 12.8. The van der Waals surface area contributed by atoms with Crippen LogP contribution in [-0.2, 0) is 16.0 Å². The van der Waals surface area contributed by atoms with Crippen molar-refractivity contribution >= 4 is 40.5 Å². The first-order chi connectivity index (χ1) is 19.1. The molecule has 0 bridgehead atoms. The van der Waals surface area contributed by atoms with Crippen molar-refractivity contribution in [3.63, 3.8) is 0 Å². The molecule has 7 nitrogen and oxygen atoms in total. The van der Waals surface area contributed by atoms with Gasteiger partial charge in [0.15, 0.2) is 0 Å². The van der Waals surface area contributed by atoms with Crippen molar-refractivity contribution in [3.8, 4) is 11.1 Å². The van der Waals surface area contributed by atoms with Crippen molar-refractivity contribution in [1.82, 2.24) is 10.2 Å². The number of benzene rings is 3. The lowest BCUT2D eigenvalue weighted by Gasteiger charge is -2.37. The van der Waals surface area contributed by atoms with Gasteiger partial charge in [-0.25, -0.2) is 9.59 Å². The Balaban J connectivity index is 1.18. The zero-order valence-electron chi connectivity index (χ0n) is 23.5. The number of rotatable bonds is 5. The standard InChI is InChI=1S/C32H36IN3O4/c1-21-22(17-23(18-29(21)33)35-13-15-36(16-14-35)31(38)40-32(2,3)4)19-34-30(37)39-20-28-26-11-7-5-9-24(26)25-10-6-8-12-27(25)28/h5-12,17-18,28H,13-16,19-20H2,1-4H3,(H,34,37). The van der Waals surface area contributed by atoms with Crippen molar-refractivity contribution < 1.29 is 19.1 Å². The number of carbonyl (C=O) groups is 2. The lowest BCUT2D eigenvalue weighted by molar-refractivity contribution is 0.0240. The number of carbonyl (C=O) groups excluding carboxylic acids is 2. The summed E-state index contributed by atoms with van der Waals surface area (Å²) >= 11 is 2.35. The summed E-state index contributed by atoms with van der Waals surface area (Å²) in [4.78, 5) is 29.3. The molecule has 8 heteroatoms. The van der Waals surface area contributed by atoms with Crippen LogP contribution in [-0.4, -0.2) is 55.5 Å². The molecule has 0 spiro atoms. The number of anilines is 1. The van der Waals surface area contributed by atoms with Crippen LogP contribution >= 0.6 is 22.6 Å². The smallest absolute Gasteiger partial charge is 0.410 e. The highest BCUT2D eigenvalue weighted by Crippen LogP contribution is 2.44. The maximum absolute atomic E-state index is 12.8. The van der Waals surface area contributed by atoms with Gasteiger partial charge in [-0.15, -0.1) is 0 Å². The van der Waals surface area contributed by atoms with Crippen LogP contribution in [0.4, 0.5) is 15.3 Å². The molecule has 2 amide bonds. The Morgan fingerprint density at radius 1 is 0.950 bits per heavy atom. The summed E-state index contributed by atoms with van der Waals surface area (Å²) < 4.78 is 12.4. The first-order valence-electron chi connectivity index (χ1n) is 13.7.